The Balaban J connectivity index is 2.36. The molecular formula is C5H7NO. The van der Waals surface area contributed by atoms with E-state index >= 15 is 0 Å². The lowest BCUT2D eigenvalue weighted by molar-refractivity contribution is 0.300. The molecule has 0 aromatic carbocycles. The molecule has 2 nitrogen and oxygen atoms in total. The van der Waals surface area contributed by atoms with E-state index in [1.165, 1.54) is 0 Å². The second-order valence-electron chi connectivity index (χ2n) is 1.28. The SMILES string of the molecule is COC1=CCN[C]1. The molecule has 0 aliphatic carbocycles. The summed E-state index contributed by atoms with van der Waals surface area (Å²) in [6, 6.07) is 0. The highest BCUT2D eigenvalue weighted by Crippen LogP contribution is 2.01. The summed E-state index contributed by atoms with van der Waals surface area (Å²) >= 11 is 0. The van der Waals surface area contributed by atoms with Crippen LogP contribution in [0.2, 0.25) is 0 Å². The molecule has 0 amide bonds. The Hall–Kier alpha value is -0.500. The molecule has 0 aromatic heterocycles. The summed E-state index contributed by atoms with van der Waals surface area (Å²) in [5.41, 5.74) is 0. The van der Waals surface area contributed by atoms with Gasteiger partial charge in [0.05, 0.1) is 7.11 Å². The first-order valence-corrected chi connectivity index (χ1v) is 2.16. The van der Waals surface area contributed by atoms with Crippen LogP contribution in [0.5, 0.6) is 0 Å². The highest BCUT2D eigenvalue weighted by atomic mass is 16.5. The highest BCUT2D eigenvalue weighted by molar-refractivity contribution is 5.11. The fourth-order valence-corrected chi connectivity index (χ4v) is 0.467. The second kappa shape index (κ2) is 1.98. The molecule has 0 unspecified atom stereocenters. The molecule has 2 heteroatoms. The largest absolute Gasteiger partial charge is 0.499 e. The van der Waals surface area contributed by atoms with E-state index in [4.69, 9.17) is 4.74 Å². The smallest absolute Gasteiger partial charge is 0.132 e. The van der Waals surface area contributed by atoms with Gasteiger partial charge in [-0.05, 0) is 6.08 Å². The van der Waals surface area contributed by atoms with Crippen molar-refractivity contribution in [1.29, 1.82) is 0 Å². The Kier molecular flexibility index (Phi) is 1.32. The van der Waals surface area contributed by atoms with Gasteiger partial charge in [0.25, 0.3) is 0 Å². The van der Waals surface area contributed by atoms with Crippen LogP contribution in [0.15, 0.2) is 11.8 Å². The standard InChI is InChI=1S/C5H7NO/c1-7-5-2-3-6-4-5/h2,6H,3H2,1H3. The zero-order chi connectivity index (χ0) is 5.11. The van der Waals surface area contributed by atoms with Gasteiger partial charge < -0.3 is 4.74 Å². The van der Waals surface area contributed by atoms with Crippen LogP contribution in [0.4, 0.5) is 0 Å². The molecule has 1 heterocycles. The third-order valence-corrected chi connectivity index (χ3v) is 0.821. The van der Waals surface area contributed by atoms with Gasteiger partial charge in [0, 0.05) is 6.54 Å². The lowest BCUT2D eigenvalue weighted by Gasteiger charge is -1.92. The number of nitrogens with one attached hydrogen (secondary N) is 1. The van der Waals surface area contributed by atoms with E-state index in [1.807, 2.05) is 6.08 Å². The molecule has 1 aliphatic rings. The van der Waals surface area contributed by atoms with E-state index < -0.39 is 0 Å². The molecule has 0 fully saturated rings. The zero-order valence-electron chi connectivity index (χ0n) is 4.19. The average Bonchev–Trinajstić information content (AvgIpc) is 2.14. The number of hydrogen-bond donors (Lipinski definition) is 1. The molecule has 0 atom stereocenters. The van der Waals surface area contributed by atoms with E-state index in [9.17, 15) is 0 Å². The van der Waals surface area contributed by atoms with Crippen LogP contribution in [0.3, 0.4) is 0 Å². The second-order valence-corrected chi connectivity index (χ2v) is 1.28. The van der Waals surface area contributed by atoms with Gasteiger partial charge in [-0.1, -0.05) is 0 Å². The molecule has 7 heavy (non-hydrogen) atoms. The summed E-state index contributed by atoms with van der Waals surface area (Å²) in [5.74, 6) is 0.806. The van der Waals surface area contributed by atoms with E-state index in [-0.39, 0.29) is 0 Å². The molecule has 1 rings (SSSR count). The Morgan fingerprint density at radius 3 is 3.14 bits per heavy atom. The minimum absolute atomic E-state index is 0.806. The average molecular weight is 97.1 g/mol. The fraction of sp³-hybridized carbons (Fsp3) is 0.400. The summed E-state index contributed by atoms with van der Waals surface area (Å²) < 4.78 is 4.80. The summed E-state index contributed by atoms with van der Waals surface area (Å²) in [5, 5.41) is 2.86. The van der Waals surface area contributed by atoms with Crippen LogP contribution in [-0.2, 0) is 4.74 Å². The minimum atomic E-state index is 0.806. The van der Waals surface area contributed by atoms with Crippen molar-refractivity contribution in [3.63, 3.8) is 0 Å². The minimum Gasteiger partial charge on any atom is -0.499 e. The number of rotatable bonds is 1. The van der Waals surface area contributed by atoms with Gasteiger partial charge in [0.2, 0.25) is 0 Å². The number of ether oxygens (including phenoxy) is 1. The van der Waals surface area contributed by atoms with Crippen LogP contribution in [0.1, 0.15) is 0 Å². The van der Waals surface area contributed by atoms with Crippen molar-refractivity contribution < 1.29 is 4.74 Å². The Labute approximate surface area is 43.2 Å². The van der Waals surface area contributed by atoms with Crippen LogP contribution in [0, 0.1) is 6.54 Å². The molecule has 0 aromatic rings. The van der Waals surface area contributed by atoms with Crippen LogP contribution in [-0.4, -0.2) is 13.7 Å². The maximum Gasteiger partial charge on any atom is 0.132 e. The quantitative estimate of drug-likeness (QED) is 0.503. The summed E-state index contributed by atoms with van der Waals surface area (Å²) in [6.07, 6.45) is 1.93. The predicted molar refractivity (Wildman–Crippen MR) is 26.3 cm³/mol. The lowest BCUT2D eigenvalue weighted by Crippen LogP contribution is -2.01. The molecule has 0 saturated heterocycles. The molecule has 2 radical (unpaired) electrons. The molecule has 0 bridgehead atoms. The van der Waals surface area contributed by atoms with Gasteiger partial charge in [-0.25, -0.2) is 0 Å². The van der Waals surface area contributed by atoms with Crippen molar-refractivity contribution in [2.45, 2.75) is 0 Å². The van der Waals surface area contributed by atoms with Gasteiger partial charge in [-0.15, -0.1) is 0 Å². The van der Waals surface area contributed by atoms with Gasteiger partial charge in [0.1, 0.15) is 12.3 Å². The van der Waals surface area contributed by atoms with Crippen LogP contribution < -0.4 is 5.32 Å². The molecule has 1 aliphatic heterocycles. The predicted octanol–water partition coefficient (Wildman–Crippen LogP) is 0.159. The first-order chi connectivity index (χ1) is 3.43. The lowest BCUT2D eigenvalue weighted by atomic mass is 10.5. The van der Waals surface area contributed by atoms with Crippen molar-refractivity contribution in [3.8, 4) is 0 Å². The maximum absolute atomic E-state index is 4.80. The van der Waals surface area contributed by atoms with Crippen molar-refractivity contribution in [2.24, 2.45) is 0 Å². The van der Waals surface area contributed by atoms with Gasteiger partial charge >= 0.3 is 0 Å². The normalized spacial score (nSPS) is 19.3. The van der Waals surface area contributed by atoms with Crippen LogP contribution in [0.25, 0.3) is 0 Å². The maximum atomic E-state index is 4.80. The number of methoxy groups -OCH3 is 1. The van der Waals surface area contributed by atoms with Crippen molar-refractivity contribution in [3.05, 3.63) is 18.4 Å². The highest BCUT2D eigenvalue weighted by Gasteiger charge is 2.01. The van der Waals surface area contributed by atoms with Crippen molar-refractivity contribution >= 4 is 0 Å². The fourth-order valence-electron chi connectivity index (χ4n) is 0.467. The molecule has 0 spiro atoms. The van der Waals surface area contributed by atoms with E-state index in [1.54, 1.807) is 7.11 Å². The van der Waals surface area contributed by atoms with Gasteiger partial charge in [0.15, 0.2) is 0 Å². The Morgan fingerprint density at radius 2 is 2.86 bits per heavy atom. The van der Waals surface area contributed by atoms with E-state index in [0.717, 1.165) is 12.3 Å². The monoisotopic (exact) mass is 97.1 g/mol. The summed E-state index contributed by atoms with van der Waals surface area (Å²) in [7, 11) is 1.63. The number of hydrogen-bond acceptors (Lipinski definition) is 2. The zero-order valence-corrected chi connectivity index (χ0v) is 4.19. The molecule has 0 saturated carbocycles. The van der Waals surface area contributed by atoms with Crippen LogP contribution >= 0.6 is 0 Å². The van der Waals surface area contributed by atoms with Gasteiger partial charge in [-0.3, -0.25) is 5.32 Å². The molecular weight excluding hydrogens is 90.1 g/mol. The van der Waals surface area contributed by atoms with Crippen molar-refractivity contribution in [1.82, 2.24) is 5.32 Å². The first-order valence-electron chi connectivity index (χ1n) is 2.16. The Morgan fingerprint density at radius 1 is 2.00 bits per heavy atom. The van der Waals surface area contributed by atoms with Crippen molar-refractivity contribution in [2.75, 3.05) is 13.7 Å². The summed E-state index contributed by atoms with van der Waals surface area (Å²) in [4.78, 5) is 0. The van der Waals surface area contributed by atoms with E-state index in [2.05, 4.69) is 11.9 Å². The first kappa shape index (κ1) is 4.65. The molecule has 1 N–H and O–H groups in total. The Bertz CT molecular complexity index is 88.1. The third-order valence-electron chi connectivity index (χ3n) is 0.821. The molecule has 38 valence electrons. The third kappa shape index (κ3) is 0.933. The summed E-state index contributed by atoms with van der Waals surface area (Å²) in [6.45, 7) is 3.65. The van der Waals surface area contributed by atoms with E-state index in [0.29, 0.717) is 0 Å². The van der Waals surface area contributed by atoms with Gasteiger partial charge in [-0.2, -0.15) is 0 Å². The topological polar surface area (TPSA) is 21.3 Å².